The van der Waals surface area contributed by atoms with Crippen LogP contribution in [0.1, 0.15) is 49.4 Å². The van der Waals surface area contributed by atoms with Gasteiger partial charge < -0.3 is 10.2 Å². The molecular formula is C24H29N5O. The molecule has 1 fully saturated rings. The van der Waals surface area contributed by atoms with E-state index in [2.05, 4.69) is 58.4 Å². The van der Waals surface area contributed by atoms with Gasteiger partial charge in [-0.05, 0) is 42.0 Å². The lowest BCUT2D eigenvalue weighted by Gasteiger charge is -2.17. The second kappa shape index (κ2) is 9.11. The molecule has 1 aliphatic rings. The number of benzene rings is 1. The number of carbonyl (C=O) groups is 1. The van der Waals surface area contributed by atoms with Crippen molar-refractivity contribution in [2.24, 2.45) is 0 Å². The summed E-state index contributed by atoms with van der Waals surface area (Å²) < 4.78 is 1.80. The number of pyridine rings is 1. The fourth-order valence-corrected chi connectivity index (χ4v) is 3.75. The number of nitrogens with one attached hydrogen (secondary N) is 1. The molecule has 6 heteroatoms. The van der Waals surface area contributed by atoms with Gasteiger partial charge in [-0.3, -0.25) is 14.5 Å². The van der Waals surface area contributed by atoms with Gasteiger partial charge in [0.15, 0.2) is 5.82 Å². The van der Waals surface area contributed by atoms with Crippen LogP contribution in [-0.4, -0.2) is 33.8 Å². The predicted molar refractivity (Wildman–Crippen MR) is 120 cm³/mol. The topological polar surface area (TPSA) is 63.1 Å². The van der Waals surface area contributed by atoms with Crippen molar-refractivity contribution < 1.29 is 4.79 Å². The van der Waals surface area contributed by atoms with E-state index in [4.69, 9.17) is 0 Å². The maximum Gasteiger partial charge on any atom is 0.229 e. The second-order valence-electron chi connectivity index (χ2n) is 8.22. The largest absolute Gasteiger partial charge is 0.370 e. The normalized spacial score (nSPS) is 13.8. The number of nitrogens with zero attached hydrogens (tertiary/aromatic N) is 4. The number of anilines is 2. The number of hydrogen-bond donors (Lipinski definition) is 1. The number of carbonyl (C=O) groups excluding carboxylic acids is 1. The summed E-state index contributed by atoms with van der Waals surface area (Å²) in [6.07, 6.45) is 6.66. The van der Waals surface area contributed by atoms with Gasteiger partial charge in [0.05, 0.1) is 30.5 Å². The van der Waals surface area contributed by atoms with Crippen LogP contribution >= 0.6 is 0 Å². The molecule has 0 atom stereocenters. The molecule has 1 saturated heterocycles. The summed E-state index contributed by atoms with van der Waals surface area (Å²) in [6, 6.07) is 14.2. The van der Waals surface area contributed by atoms with Gasteiger partial charge in [0, 0.05) is 25.4 Å². The van der Waals surface area contributed by atoms with Crippen molar-refractivity contribution in [3.8, 4) is 0 Å². The third-order valence-corrected chi connectivity index (χ3v) is 5.52. The van der Waals surface area contributed by atoms with Crippen molar-refractivity contribution >= 4 is 17.4 Å². The summed E-state index contributed by atoms with van der Waals surface area (Å²) in [5.74, 6) is 0.987. The van der Waals surface area contributed by atoms with Gasteiger partial charge in [0.1, 0.15) is 0 Å². The summed E-state index contributed by atoms with van der Waals surface area (Å²) in [4.78, 5) is 19.3. The number of hydrogen-bond acceptors (Lipinski definition) is 4. The first-order valence-corrected chi connectivity index (χ1v) is 10.7. The number of amides is 1. The van der Waals surface area contributed by atoms with E-state index in [1.54, 1.807) is 4.68 Å². The smallest absolute Gasteiger partial charge is 0.229 e. The summed E-state index contributed by atoms with van der Waals surface area (Å²) in [7, 11) is 0. The van der Waals surface area contributed by atoms with Gasteiger partial charge in [0.2, 0.25) is 5.91 Å². The van der Waals surface area contributed by atoms with Crippen LogP contribution in [0.25, 0.3) is 0 Å². The fourth-order valence-electron chi connectivity index (χ4n) is 3.75. The zero-order valence-corrected chi connectivity index (χ0v) is 17.7. The van der Waals surface area contributed by atoms with Crippen LogP contribution in [-0.2, 0) is 17.8 Å². The molecule has 3 heterocycles. The highest BCUT2D eigenvalue weighted by Gasteiger charge is 2.12. The quantitative estimate of drug-likeness (QED) is 0.641. The van der Waals surface area contributed by atoms with E-state index in [9.17, 15) is 4.79 Å². The lowest BCUT2D eigenvalue weighted by molar-refractivity contribution is -0.115. The average Bonchev–Trinajstić information content (AvgIpc) is 3.41. The van der Waals surface area contributed by atoms with Crippen LogP contribution in [0.4, 0.5) is 11.5 Å². The molecule has 1 N–H and O–H groups in total. The minimum Gasteiger partial charge on any atom is -0.370 e. The fraction of sp³-hybridized carbons (Fsp3) is 0.375. The standard InChI is InChI=1S/C24H29N5O/c1-18(2)20-7-5-19(6-8-20)15-24(30)26-23-11-14-29(27-23)17-21-9-10-22(16-25-21)28-12-3-4-13-28/h5-11,14,16,18H,3-4,12-13,15,17H2,1-2H3,(H,26,27,30). The highest BCUT2D eigenvalue weighted by Crippen LogP contribution is 2.19. The Balaban J connectivity index is 1.30. The van der Waals surface area contributed by atoms with E-state index in [-0.39, 0.29) is 5.91 Å². The van der Waals surface area contributed by atoms with E-state index in [1.165, 1.54) is 24.1 Å². The minimum absolute atomic E-state index is 0.0642. The highest BCUT2D eigenvalue weighted by molar-refractivity contribution is 5.91. The zero-order valence-electron chi connectivity index (χ0n) is 17.7. The molecule has 156 valence electrons. The monoisotopic (exact) mass is 403 g/mol. The summed E-state index contributed by atoms with van der Waals surface area (Å²) in [5, 5.41) is 7.34. The van der Waals surface area contributed by atoms with Crippen molar-refractivity contribution in [3.05, 3.63) is 71.7 Å². The third kappa shape index (κ3) is 5.06. The van der Waals surface area contributed by atoms with E-state index in [0.29, 0.717) is 24.7 Å². The lowest BCUT2D eigenvalue weighted by atomic mass is 10.0. The highest BCUT2D eigenvalue weighted by atomic mass is 16.1. The van der Waals surface area contributed by atoms with E-state index < -0.39 is 0 Å². The summed E-state index contributed by atoms with van der Waals surface area (Å²) in [6.45, 7) is 7.13. The molecule has 0 aliphatic carbocycles. The average molecular weight is 404 g/mol. The van der Waals surface area contributed by atoms with E-state index >= 15 is 0 Å². The molecule has 0 unspecified atom stereocenters. The Labute approximate surface area is 177 Å². The molecule has 4 rings (SSSR count). The SMILES string of the molecule is CC(C)c1ccc(CC(=O)Nc2ccn(Cc3ccc(N4CCCC4)cn3)n2)cc1. The maximum absolute atomic E-state index is 12.4. The van der Waals surface area contributed by atoms with Crippen molar-refractivity contribution in [1.29, 1.82) is 0 Å². The Morgan fingerprint density at radius 2 is 1.83 bits per heavy atom. The molecule has 0 saturated carbocycles. The second-order valence-corrected chi connectivity index (χ2v) is 8.22. The van der Waals surface area contributed by atoms with Gasteiger partial charge in [-0.1, -0.05) is 38.1 Å². The first-order valence-electron chi connectivity index (χ1n) is 10.7. The Morgan fingerprint density at radius 3 is 2.50 bits per heavy atom. The van der Waals surface area contributed by atoms with E-state index in [0.717, 1.165) is 24.3 Å². The molecular weight excluding hydrogens is 374 g/mol. The Kier molecular flexibility index (Phi) is 6.12. The van der Waals surface area contributed by atoms with Crippen LogP contribution in [0.15, 0.2) is 54.9 Å². The molecule has 0 bridgehead atoms. The molecule has 30 heavy (non-hydrogen) atoms. The van der Waals surface area contributed by atoms with Gasteiger partial charge in [-0.25, -0.2) is 0 Å². The van der Waals surface area contributed by atoms with Crippen molar-refractivity contribution in [2.75, 3.05) is 23.3 Å². The van der Waals surface area contributed by atoms with Gasteiger partial charge in [0.25, 0.3) is 0 Å². The summed E-state index contributed by atoms with van der Waals surface area (Å²) >= 11 is 0. The number of rotatable bonds is 7. The Bertz CT molecular complexity index is 970. The zero-order chi connectivity index (χ0) is 20.9. The molecule has 6 nitrogen and oxygen atoms in total. The van der Waals surface area contributed by atoms with Crippen LogP contribution in [0.2, 0.25) is 0 Å². The van der Waals surface area contributed by atoms with Crippen molar-refractivity contribution in [3.63, 3.8) is 0 Å². The van der Waals surface area contributed by atoms with Crippen LogP contribution in [0, 0.1) is 0 Å². The first-order chi connectivity index (χ1) is 14.6. The van der Waals surface area contributed by atoms with Gasteiger partial charge >= 0.3 is 0 Å². The maximum atomic E-state index is 12.4. The molecule has 2 aromatic heterocycles. The minimum atomic E-state index is -0.0642. The Hall–Kier alpha value is -3.15. The van der Waals surface area contributed by atoms with Crippen molar-refractivity contribution in [1.82, 2.24) is 14.8 Å². The molecule has 1 amide bonds. The van der Waals surface area contributed by atoms with Crippen molar-refractivity contribution in [2.45, 2.75) is 45.6 Å². The van der Waals surface area contributed by atoms with Crippen LogP contribution in [0.5, 0.6) is 0 Å². The lowest BCUT2D eigenvalue weighted by Crippen LogP contribution is -2.18. The Morgan fingerprint density at radius 1 is 1.07 bits per heavy atom. The molecule has 1 aromatic carbocycles. The third-order valence-electron chi connectivity index (χ3n) is 5.52. The van der Waals surface area contributed by atoms with Crippen LogP contribution < -0.4 is 10.2 Å². The summed E-state index contributed by atoms with van der Waals surface area (Å²) in [5.41, 5.74) is 4.41. The van der Waals surface area contributed by atoms with Gasteiger partial charge in [-0.2, -0.15) is 5.10 Å². The first kappa shape index (κ1) is 20.1. The van der Waals surface area contributed by atoms with E-state index in [1.807, 2.05) is 30.6 Å². The molecule has 1 aliphatic heterocycles. The molecule has 3 aromatic rings. The molecule has 0 radical (unpaired) electrons. The molecule has 0 spiro atoms. The van der Waals surface area contributed by atoms with Crippen LogP contribution in [0.3, 0.4) is 0 Å². The predicted octanol–water partition coefficient (Wildman–Crippen LogP) is 4.23. The number of aromatic nitrogens is 3. The van der Waals surface area contributed by atoms with Gasteiger partial charge in [-0.15, -0.1) is 0 Å².